The second-order valence-corrected chi connectivity index (χ2v) is 5.29. The highest BCUT2D eigenvalue weighted by molar-refractivity contribution is 8.13. The fraction of sp³-hybridized carbons (Fsp3) is 0.250. The van der Waals surface area contributed by atoms with Crippen LogP contribution in [0.15, 0.2) is 23.1 Å². The quantitative estimate of drug-likeness (QED) is 0.471. The number of halogens is 1. The Morgan fingerprint density at radius 1 is 1.50 bits per heavy atom. The van der Waals surface area contributed by atoms with Crippen molar-refractivity contribution in [2.45, 2.75) is 11.8 Å². The molecule has 0 spiro atoms. The molecule has 0 N–H and O–H groups in total. The second-order valence-electron chi connectivity index (χ2n) is 2.76. The third-order valence-electron chi connectivity index (χ3n) is 1.70. The summed E-state index contributed by atoms with van der Waals surface area (Å²) in [6.45, 7) is 1.89. The van der Waals surface area contributed by atoms with Gasteiger partial charge in [-0.15, -0.1) is 0 Å². The van der Waals surface area contributed by atoms with Gasteiger partial charge in [0.2, 0.25) is 0 Å². The maximum Gasteiger partial charge on any atom is 0.271 e. The molecular formula is C8H8ClNO5S. The van der Waals surface area contributed by atoms with Gasteiger partial charge in [-0.3, -0.25) is 10.1 Å². The van der Waals surface area contributed by atoms with Crippen molar-refractivity contribution in [3.8, 4) is 5.75 Å². The molecule has 0 radical (unpaired) electrons. The van der Waals surface area contributed by atoms with Crippen molar-refractivity contribution in [3.05, 3.63) is 28.3 Å². The summed E-state index contributed by atoms with van der Waals surface area (Å²) >= 11 is 0. The first kappa shape index (κ1) is 12.7. The molecular weight excluding hydrogens is 258 g/mol. The fourth-order valence-electron chi connectivity index (χ4n) is 1.08. The van der Waals surface area contributed by atoms with Crippen molar-refractivity contribution in [1.29, 1.82) is 0 Å². The number of rotatable bonds is 4. The molecule has 0 heterocycles. The topological polar surface area (TPSA) is 86.5 Å². The molecule has 1 aromatic rings. The highest BCUT2D eigenvalue weighted by Crippen LogP contribution is 2.30. The summed E-state index contributed by atoms with van der Waals surface area (Å²) in [5.41, 5.74) is -0.359. The zero-order chi connectivity index (χ0) is 12.3. The van der Waals surface area contributed by atoms with Gasteiger partial charge in [-0.05, 0) is 13.0 Å². The SMILES string of the molecule is CCOc1ccc([N+](=O)[O-])cc1S(=O)(=O)Cl. The Morgan fingerprint density at radius 3 is 2.56 bits per heavy atom. The van der Waals surface area contributed by atoms with Gasteiger partial charge in [-0.1, -0.05) is 0 Å². The van der Waals surface area contributed by atoms with Crippen LogP contribution in [0.25, 0.3) is 0 Å². The van der Waals surface area contributed by atoms with E-state index in [4.69, 9.17) is 15.4 Å². The molecule has 0 unspecified atom stereocenters. The van der Waals surface area contributed by atoms with Crippen molar-refractivity contribution in [2.24, 2.45) is 0 Å². The summed E-state index contributed by atoms with van der Waals surface area (Å²) in [5.74, 6) is 0.00287. The zero-order valence-corrected chi connectivity index (χ0v) is 9.79. The van der Waals surface area contributed by atoms with Crippen LogP contribution in [0.5, 0.6) is 5.75 Å². The highest BCUT2D eigenvalue weighted by Gasteiger charge is 2.21. The van der Waals surface area contributed by atoms with Gasteiger partial charge in [0, 0.05) is 22.8 Å². The molecule has 1 rings (SSSR count). The predicted octanol–water partition coefficient (Wildman–Crippen LogP) is 1.92. The van der Waals surface area contributed by atoms with Gasteiger partial charge < -0.3 is 4.74 Å². The Labute approximate surface area is 96.4 Å². The lowest BCUT2D eigenvalue weighted by Crippen LogP contribution is -2.00. The summed E-state index contributed by atoms with van der Waals surface area (Å²) in [5, 5.41) is 10.5. The molecule has 0 fully saturated rings. The molecule has 0 saturated carbocycles. The largest absolute Gasteiger partial charge is 0.492 e. The maximum atomic E-state index is 11.2. The van der Waals surface area contributed by atoms with Gasteiger partial charge in [0.05, 0.1) is 11.5 Å². The fourth-order valence-corrected chi connectivity index (χ4v) is 2.07. The summed E-state index contributed by atoms with van der Waals surface area (Å²) in [4.78, 5) is 9.37. The summed E-state index contributed by atoms with van der Waals surface area (Å²) in [6, 6.07) is 3.22. The van der Waals surface area contributed by atoms with Gasteiger partial charge in [-0.25, -0.2) is 8.42 Å². The first-order chi connectivity index (χ1) is 7.36. The van der Waals surface area contributed by atoms with Crippen molar-refractivity contribution in [2.75, 3.05) is 6.61 Å². The lowest BCUT2D eigenvalue weighted by molar-refractivity contribution is -0.385. The van der Waals surface area contributed by atoms with Crippen LogP contribution in [0.4, 0.5) is 5.69 Å². The van der Waals surface area contributed by atoms with Crippen molar-refractivity contribution >= 4 is 25.4 Å². The number of hydrogen-bond acceptors (Lipinski definition) is 5. The molecule has 0 aromatic heterocycles. The van der Waals surface area contributed by atoms with Gasteiger partial charge in [0.1, 0.15) is 10.6 Å². The van der Waals surface area contributed by atoms with E-state index in [0.717, 1.165) is 12.1 Å². The third-order valence-corrected chi connectivity index (χ3v) is 3.04. The van der Waals surface area contributed by atoms with E-state index in [1.54, 1.807) is 6.92 Å². The average Bonchev–Trinajstić information content (AvgIpc) is 2.16. The van der Waals surface area contributed by atoms with E-state index in [2.05, 4.69) is 0 Å². The molecule has 0 bridgehead atoms. The van der Waals surface area contributed by atoms with E-state index < -0.39 is 18.9 Å². The van der Waals surface area contributed by atoms with Crippen LogP contribution in [-0.4, -0.2) is 19.9 Å². The van der Waals surface area contributed by atoms with Crippen LogP contribution in [0.3, 0.4) is 0 Å². The summed E-state index contributed by atoms with van der Waals surface area (Å²) in [6.07, 6.45) is 0. The normalized spacial score (nSPS) is 11.1. The van der Waals surface area contributed by atoms with Gasteiger partial charge >= 0.3 is 0 Å². The molecule has 0 amide bonds. The Hall–Kier alpha value is -1.34. The number of hydrogen-bond donors (Lipinski definition) is 0. The van der Waals surface area contributed by atoms with Crippen LogP contribution < -0.4 is 4.74 Å². The van der Waals surface area contributed by atoms with Gasteiger partial charge in [0.15, 0.2) is 0 Å². The Kier molecular flexibility index (Phi) is 3.71. The van der Waals surface area contributed by atoms with Gasteiger partial charge in [-0.2, -0.15) is 0 Å². The Balaban J connectivity index is 3.39. The molecule has 16 heavy (non-hydrogen) atoms. The van der Waals surface area contributed by atoms with Crippen molar-refractivity contribution in [1.82, 2.24) is 0 Å². The van der Waals surface area contributed by atoms with Crippen LogP contribution in [0, 0.1) is 10.1 Å². The second kappa shape index (κ2) is 4.67. The minimum Gasteiger partial charge on any atom is -0.492 e. The van der Waals surface area contributed by atoms with Crippen molar-refractivity contribution < 1.29 is 18.1 Å². The van der Waals surface area contributed by atoms with E-state index in [-0.39, 0.29) is 18.0 Å². The van der Waals surface area contributed by atoms with E-state index in [0.29, 0.717) is 0 Å². The minimum absolute atomic E-state index is 0.00287. The van der Waals surface area contributed by atoms with E-state index >= 15 is 0 Å². The molecule has 1 aromatic carbocycles. The smallest absolute Gasteiger partial charge is 0.271 e. The summed E-state index contributed by atoms with van der Waals surface area (Å²) in [7, 11) is 1.08. The minimum atomic E-state index is -4.07. The first-order valence-electron chi connectivity index (χ1n) is 4.22. The number of nitrogens with zero attached hydrogens (tertiary/aromatic N) is 1. The third kappa shape index (κ3) is 2.83. The molecule has 0 aliphatic heterocycles. The lowest BCUT2D eigenvalue weighted by Gasteiger charge is -2.06. The maximum absolute atomic E-state index is 11.2. The van der Waals surface area contributed by atoms with Crippen LogP contribution >= 0.6 is 10.7 Å². The van der Waals surface area contributed by atoms with Crippen molar-refractivity contribution in [3.63, 3.8) is 0 Å². The number of ether oxygens (including phenoxy) is 1. The molecule has 0 aliphatic carbocycles. The highest BCUT2D eigenvalue weighted by atomic mass is 35.7. The molecule has 0 aliphatic rings. The predicted molar refractivity (Wildman–Crippen MR) is 57.3 cm³/mol. The number of benzene rings is 1. The molecule has 88 valence electrons. The summed E-state index contributed by atoms with van der Waals surface area (Å²) < 4.78 is 27.3. The Bertz CT molecular complexity index is 513. The zero-order valence-electron chi connectivity index (χ0n) is 8.21. The standard InChI is InChI=1S/C8H8ClNO5S/c1-2-15-7-4-3-6(10(11)12)5-8(7)16(9,13)14/h3-5H,2H2,1H3. The van der Waals surface area contributed by atoms with Gasteiger partial charge in [0.25, 0.3) is 14.7 Å². The van der Waals surface area contributed by atoms with Crippen LogP contribution in [-0.2, 0) is 9.05 Å². The van der Waals surface area contributed by atoms with E-state index in [9.17, 15) is 18.5 Å². The van der Waals surface area contributed by atoms with Crippen LogP contribution in [0.1, 0.15) is 6.92 Å². The number of nitro benzene ring substituents is 1. The lowest BCUT2D eigenvalue weighted by atomic mass is 10.3. The molecule has 0 atom stereocenters. The van der Waals surface area contributed by atoms with E-state index in [1.807, 2.05) is 0 Å². The molecule has 0 saturated heterocycles. The van der Waals surface area contributed by atoms with Crippen LogP contribution in [0.2, 0.25) is 0 Å². The molecule has 6 nitrogen and oxygen atoms in total. The monoisotopic (exact) mass is 265 g/mol. The van der Waals surface area contributed by atoms with E-state index in [1.165, 1.54) is 6.07 Å². The average molecular weight is 266 g/mol. The first-order valence-corrected chi connectivity index (χ1v) is 6.53. The molecule has 8 heteroatoms. The number of nitro groups is 1. The Morgan fingerprint density at radius 2 is 2.12 bits per heavy atom. The number of non-ortho nitro benzene ring substituents is 1.